The van der Waals surface area contributed by atoms with E-state index in [1.807, 2.05) is 24.4 Å². The van der Waals surface area contributed by atoms with Gasteiger partial charge in [0.25, 0.3) is 0 Å². The number of pyridine rings is 1. The van der Waals surface area contributed by atoms with Gasteiger partial charge in [-0.05, 0) is 92.1 Å². The first-order valence-electron chi connectivity index (χ1n) is 23.4. The Kier molecular flexibility index (Phi) is 12.1. The van der Waals surface area contributed by atoms with Gasteiger partial charge in [0.15, 0.2) is 0 Å². The quantitative estimate of drug-likeness (QED) is 0.135. The molecule has 0 bridgehead atoms. The van der Waals surface area contributed by atoms with Gasteiger partial charge in [0.05, 0.1) is 0 Å². The summed E-state index contributed by atoms with van der Waals surface area (Å²) < 4.78 is 8.93. The van der Waals surface area contributed by atoms with Crippen molar-refractivity contribution in [1.82, 2.24) is 9.55 Å². The van der Waals surface area contributed by atoms with Gasteiger partial charge >= 0.3 is 0 Å². The first-order valence-corrected chi connectivity index (χ1v) is 23.4. The summed E-state index contributed by atoms with van der Waals surface area (Å²) in [6.45, 7) is 25.1. The summed E-state index contributed by atoms with van der Waals surface area (Å²) in [5.41, 5.74) is 13.2. The first-order chi connectivity index (χ1) is 32.0. The van der Waals surface area contributed by atoms with Crippen LogP contribution in [0.15, 0.2) is 170 Å². The molecule has 346 valence electrons. The Hall–Kier alpha value is -6.42. The van der Waals surface area contributed by atoms with Gasteiger partial charge in [0, 0.05) is 72.2 Å². The smallest absolute Gasteiger partial charge is 0.135 e. The Bertz CT molecular complexity index is 3280. The SMILES string of the molecule is CC(C)(C)c1cc(N2[CH-]N(c3[c-]c(Oc4[c-]c5c(cc4)c4ccccc4n5-c4cc(C(C)(C)c5ccccc5)ccn4)ccc3)c3ccc(C(C)(C)C)cc32)cc(C(C)(C)c2ccccc2)c1.[Pt]. The summed E-state index contributed by atoms with van der Waals surface area (Å²) >= 11 is 0. The van der Waals surface area contributed by atoms with E-state index in [2.05, 4.69) is 248 Å². The largest absolute Gasteiger partial charge is 0.509 e. The Labute approximate surface area is 417 Å². The molecule has 0 N–H and O–H groups in total. The normalized spacial score (nSPS) is 13.2. The Morgan fingerprint density at radius 1 is 0.471 bits per heavy atom. The van der Waals surface area contributed by atoms with Gasteiger partial charge in [0.2, 0.25) is 0 Å². The minimum Gasteiger partial charge on any atom is -0.509 e. The molecule has 6 heteroatoms. The number of hydrogen-bond acceptors (Lipinski definition) is 4. The summed E-state index contributed by atoms with van der Waals surface area (Å²) in [6, 6.07) is 65.9. The standard InChI is InChI=1S/C62H59N4O.Pt/c1-59(2,3)44-28-31-55-57(37-44)65(49-35-46(60(4,5)6)34-47(36-49)62(9,10)43-22-15-12-16-23-43)41-64(55)48-24-19-25-50(39-48)67-51-29-30-53-52-26-17-18-27-54(52)66(56(53)40-51)58-38-45(32-33-63-58)61(7,8)42-20-13-11-14-21-42;/h11-38,41H,1-10H3;/q-3;. The molecule has 9 aromatic rings. The minimum absolute atomic E-state index is 0. The van der Waals surface area contributed by atoms with Gasteiger partial charge in [-0.15, -0.1) is 48.1 Å². The van der Waals surface area contributed by atoms with Crippen molar-refractivity contribution in [3.05, 3.63) is 222 Å². The van der Waals surface area contributed by atoms with Crippen LogP contribution in [-0.4, -0.2) is 9.55 Å². The second-order valence-corrected chi connectivity index (χ2v) is 21.2. The van der Waals surface area contributed by atoms with Crippen molar-refractivity contribution >= 4 is 44.6 Å². The average Bonchev–Trinajstić information content (AvgIpc) is 3.87. The summed E-state index contributed by atoms with van der Waals surface area (Å²) in [4.78, 5) is 9.55. The molecule has 0 amide bonds. The fourth-order valence-corrected chi connectivity index (χ4v) is 9.47. The van der Waals surface area contributed by atoms with Crippen LogP contribution in [0.5, 0.6) is 11.5 Å². The van der Waals surface area contributed by atoms with E-state index in [-0.39, 0.29) is 42.7 Å². The van der Waals surface area contributed by atoms with Crippen LogP contribution in [-0.2, 0) is 42.7 Å². The van der Waals surface area contributed by atoms with Crippen LogP contribution in [0.1, 0.15) is 103 Å². The molecule has 0 radical (unpaired) electrons. The Morgan fingerprint density at radius 2 is 1.10 bits per heavy atom. The number of nitrogens with zero attached hydrogens (tertiary/aromatic N) is 4. The number of benzene rings is 7. The zero-order valence-electron chi connectivity index (χ0n) is 40.8. The second-order valence-electron chi connectivity index (χ2n) is 21.2. The molecule has 3 heterocycles. The van der Waals surface area contributed by atoms with Gasteiger partial charge in [-0.3, -0.25) is 0 Å². The van der Waals surface area contributed by atoms with Crippen molar-refractivity contribution in [3.63, 3.8) is 0 Å². The number of hydrogen-bond donors (Lipinski definition) is 0. The Morgan fingerprint density at radius 3 is 1.79 bits per heavy atom. The summed E-state index contributed by atoms with van der Waals surface area (Å²) in [7, 11) is 0. The minimum atomic E-state index is -0.228. The van der Waals surface area contributed by atoms with Crippen LogP contribution >= 0.6 is 0 Å². The average molecular weight is 1070 g/mol. The zero-order valence-corrected chi connectivity index (χ0v) is 43.0. The van der Waals surface area contributed by atoms with Gasteiger partial charge in [0.1, 0.15) is 5.82 Å². The van der Waals surface area contributed by atoms with Crippen molar-refractivity contribution in [2.75, 3.05) is 9.80 Å². The molecule has 7 aromatic carbocycles. The van der Waals surface area contributed by atoms with Gasteiger partial charge < -0.3 is 19.1 Å². The molecule has 0 unspecified atom stereocenters. The van der Waals surface area contributed by atoms with Crippen molar-refractivity contribution in [3.8, 4) is 17.3 Å². The van der Waals surface area contributed by atoms with Crippen molar-refractivity contribution < 1.29 is 25.8 Å². The first kappa shape index (κ1) is 46.7. The molecule has 0 saturated carbocycles. The number of ether oxygens (including phenoxy) is 1. The van der Waals surface area contributed by atoms with E-state index in [1.165, 1.54) is 33.4 Å². The third kappa shape index (κ3) is 8.56. The predicted octanol–water partition coefficient (Wildman–Crippen LogP) is 16.2. The molecule has 0 saturated heterocycles. The number of fused-ring (bicyclic) bond motifs is 4. The van der Waals surface area contributed by atoms with E-state index in [0.29, 0.717) is 11.5 Å². The molecule has 0 spiro atoms. The van der Waals surface area contributed by atoms with E-state index in [4.69, 9.17) is 9.72 Å². The van der Waals surface area contributed by atoms with Crippen LogP contribution in [0.4, 0.5) is 22.7 Å². The van der Waals surface area contributed by atoms with Gasteiger partial charge in [-0.25, -0.2) is 4.98 Å². The maximum absolute atomic E-state index is 6.72. The van der Waals surface area contributed by atoms with Crippen LogP contribution in [0, 0.1) is 18.8 Å². The van der Waals surface area contributed by atoms with Crippen LogP contribution in [0.3, 0.4) is 0 Å². The third-order valence-electron chi connectivity index (χ3n) is 13.9. The van der Waals surface area contributed by atoms with Gasteiger partial charge in [-0.1, -0.05) is 166 Å². The summed E-state index contributed by atoms with van der Waals surface area (Å²) in [5.74, 6) is 2.03. The summed E-state index contributed by atoms with van der Waals surface area (Å²) in [6.07, 6.45) is 1.92. The third-order valence-corrected chi connectivity index (χ3v) is 13.9. The number of aromatic nitrogens is 2. The molecule has 5 nitrogen and oxygen atoms in total. The number of anilines is 4. The van der Waals surface area contributed by atoms with E-state index >= 15 is 0 Å². The van der Waals surface area contributed by atoms with E-state index < -0.39 is 0 Å². The molecule has 0 fully saturated rings. The zero-order chi connectivity index (χ0) is 46.9. The van der Waals surface area contributed by atoms with Crippen LogP contribution in [0.2, 0.25) is 0 Å². The molecule has 10 rings (SSSR count). The molecule has 0 aliphatic carbocycles. The van der Waals surface area contributed by atoms with Crippen molar-refractivity contribution in [1.29, 1.82) is 0 Å². The second kappa shape index (κ2) is 17.6. The van der Waals surface area contributed by atoms with E-state index in [9.17, 15) is 0 Å². The Balaban J connectivity index is 0.00000578. The number of rotatable bonds is 9. The fourth-order valence-electron chi connectivity index (χ4n) is 9.47. The molecule has 1 aliphatic heterocycles. The molecular formula is C62H59N4OPt-3. The molecule has 68 heavy (non-hydrogen) atoms. The van der Waals surface area contributed by atoms with Crippen LogP contribution < -0.4 is 14.5 Å². The summed E-state index contributed by atoms with van der Waals surface area (Å²) in [5, 5.41) is 2.22. The van der Waals surface area contributed by atoms with Crippen LogP contribution in [0.25, 0.3) is 27.6 Å². The fraction of sp³-hybridized carbons (Fsp3) is 0.226. The maximum Gasteiger partial charge on any atom is 0.135 e. The van der Waals surface area contributed by atoms with Crippen molar-refractivity contribution in [2.45, 2.75) is 90.9 Å². The van der Waals surface area contributed by atoms with Crippen molar-refractivity contribution in [2.24, 2.45) is 0 Å². The molecule has 0 atom stereocenters. The monoisotopic (exact) mass is 1070 g/mol. The molecule has 1 aliphatic rings. The van der Waals surface area contributed by atoms with E-state index in [1.54, 1.807) is 0 Å². The van der Waals surface area contributed by atoms with E-state index in [0.717, 1.165) is 50.4 Å². The topological polar surface area (TPSA) is 33.5 Å². The predicted molar refractivity (Wildman–Crippen MR) is 279 cm³/mol. The van der Waals surface area contributed by atoms with Gasteiger partial charge in [-0.2, -0.15) is 12.1 Å². The maximum atomic E-state index is 6.72. The molecule has 2 aromatic heterocycles. The molecular weight excluding hydrogens is 1010 g/mol. The number of para-hydroxylation sites is 1.